The third-order valence-corrected chi connectivity index (χ3v) is 3.60. The van der Waals surface area contributed by atoms with Crippen LogP contribution >= 0.6 is 0 Å². The van der Waals surface area contributed by atoms with Crippen LogP contribution in [0, 0.1) is 11.1 Å². The van der Waals surface area contributed by atoms with Crippen LogP contribution in [0.25, 0.3) is 10.9 Å². The Bertz CT molecular complexity index is 534. The predicted octanol–water partition coefficient (Wildman–Crippen LogP) is 4.01. The Labute approximate surface area is 109 Å². The van der Waals surface area contributed by atoms with E-state index in [1.807, 2.05) is 24.3 Å². The van der Waals surface area contributed by atoms with Crippen molar-refractivity contribution in [3.8, 4) is 0 Å². The van der Waals surface area contributed by atoms with Crippen molar-refractivity contribution >= 4 is 10.9 Å². The normalized spacial score (nSPS) is 13.1. The van der Waals surface area contributed by atoms with Crippen molar-refractivity contribution < 1.29 is 4.73 Å². The standard InChI is InChI=1S/C16H21NO/c1-4-7-15(12(2)3)14-10-13-8-5-6-9-16(13)17(18)11-14/h5-6,8-12,15H,4,7H2,1-3H3. The number of nitrogens with zero attached hydrogens (tertiary/aromatic N) is 1. The van der Waals surface area contributed by atoms with Gasteiger partial charge in [-0.3, -0.25) is 0 Å². The molecule has 1 atom stereocenters. The number of rotatable bonds is 4. The number of para-hydroxylation sites is 1. The summed E-state index contributed by atoms with van der Waals surface area (Å²) in [5.41, 5.74) is 1.92. The molecule has 1 unspecified atom stereocenters. The Hall–Kier alpha value is -1.57. The average Bonchev–Trinajstić information content (AvgIpc) is 2.35. The highest BCUT2D eigenvalue weighted by atomic mass is 16.5. The lowest BCUT2D eigenvalue weighted by Gasteiger charge is -2.20. The van der Waals surface area contributed by atoms with Crippen molar-refractivity contribution in [1.29, 1.82) is 0 Å². The van der Waals surface area contributed by atoms with Gasteiger partial charge in [-0.05, 0) is 30.4 Å². The molecule has 0 aliphatic heterocycles. The van der Waals surface area contributed by atoms with Gasteiger partial charge >= 0.3 is 0 Å². The Balaban J connectivity index is 2.50. The van der Waals surface area contributed by atoms with Crippen molar-refractivity contribution in [2.45, 2.75) is 39.5 Å². The molecule has 96 valence electrons. The first kappa shape index (κ1) is 12.9. The fourth-order valence-electron chi connectivity index (χ4n) is 2.63. The second-order valence-corrected chi connectivity index (χ2v) is 5.30. The van der Waals surface area contributed by atoms with E-state index in [4.69, 9.17) is 0 Å². The van der Waals surface area contributed by atoms with Gasteiger partial charge < -0.3 is 5.21 Å². The minimum absolute atomic E-state index is 0.472. The van der Waals surface area contributed by atoms with E-state index >= 15 is 0 Å². The summed E-state index contributed by atoms with van der Waals surface area (Å²) in [6, 6.07) is 9.94. The SMILES string of the molecule is CCCC(c1cc2ccccc2[n+]([O-])c1)C(C)C. The van der Waals surface area contributed by atoms with Crippen molar-refractivity contribution in [2.75, 3.05) is 0 Å². The molecule has 2 aromatic rings. The molecule has 0 N–H and O–H groups in total. The molecular weight excluding hydrogens is 222 g/mol. The van der Waals surface area contributed by atoms with E-state index < -0.39 is 0 Å². The van der Waals surface area contributed by atoms with Gasteiger partial charge in [0.05, 0.1) is 0 Å². The number of fused-ring (bicyclic) bond motifs is 1. The van der Waals surface area contributed by atoms with Gasteiger partial charge in [-0.2, -0.15) is 4.73 Å². The van der Waals surface area contributed by atoms with Crippen LogP contribution in [0.3, 0.4) is 0 Å². The zero-order valence-electron chi connectivity index (χ0n) is 11.4. The predicted molar refractivity (Wildman–Crippen MR) is 75.4 cm³/mol. The van der Waals surface area contributed by atoms with Gasteiger partial charge in [-0.1, -0.05) is 39.3 Å². The lowest BCUT2D eigenvalue weighted by molar-refractivity contribution is -0.577. The highest BCUT2D eigenvalue weighted by Crippen LogP contribution is 2.29. The maximum atomic E-state index is 12.0. The van der Waals surface area contributed by atoms with Crippen LogP contribution in [0.5, 0.6) is 0 Å². The van der Waals surface area contributed by atoms with E-state index in [9.17, 15) is 5.21 Å². The number of hydrogen-bond donors (Lipinski definition) is 0. The smallest absolute Gasteiger partial charge is 0.223 e. The van der Waals surface area contributed by atoms with Crippen LogP contribution in [0.15, 0.2) is 36.5 Å². The molecule has 0 saturated carbocycles. The van der Waals surface area contributed by atoms with Gasteiger partial charge in [0.1, 0.15) is 0 Å². The monoisotopic (exact) mass is 243 g/mol. The molecule has 1 aromatic heterocycles. The molecule has 0 aliphatic rings. The minimum Gasteiger partial charge on any atom is -0.618 e. The first-order chi connectivity index (χ1) is 8.63. The van der Waals surface area contributed by atoms with Crippen molar-refractivity contribution in [2.24, 2.45) is 5.92 Å². The highest BCUT2D eigenvalue weighted by molar-refractivity contribution is 5.76. The average molecular weight is 243 g/mol. The summed E-state index contributed by atoms with van der Waals surface area (Å²) in [6.45, 7) is 6.65. The number of pyridine rings is 1. The molecule has 0 aliphatic carbocycles. The summed E-state index contributed by atoms with van der Waals surface area (Å²) in [5.74, 6) is 1.03. The third kappa shape index (κ3) is 2.47. The van der Waals surface area contributed by atoms with E-state index in [0.29, 0.717) is 11.8 Å². The lowest BCUT2D eigenvalue weighted by atomic mass is 9.85. The van der Waals surface area contributed by atoms with Crippen LogP contribution in [0.2, 0.25) is 0 Å². The Kier molecular flexibility index (Phi) is 3.85. The fraction of sp³-hybridized carbons (Fsp3) is 0.438. The molecule has 1 heterocycles. The van der Waals surface area contributed by atoms with Crippen LogP contribution in [-0.2, 0) is 0 Å². The number of hydrogen-bond acceptors (Lipinski definition) is 1. The van der Waals surface area contributed by atoms with E-state index in [0.717, 1.165) is 28.5 Å². The second kappa shape index (κ2) is 5.38. The summed E-state index contributed by atoms with van der Waals surface area (Å²) in [5, 5.41) is 13.1. The van der Waals surface area contributed by atoms with Crippen LogP contribution < -0.4 is 4.73 Å². The van der Waals surface area contributed by atoms with Crippen molar-refractivity contribution in [1.82, 2.24) is 0 Å². The summed E-state index contributed by atoms with van der Waals surface area (Å²) >= 11 is 0. The second-order valence-electron chi connectivity index (χ2n) is 5.30. The molecule has 1 aromatic carbocycles. The highest BCUT2D eigenvalue weighted by Gasteiger charge is 2.18. The largest absolute Gasteiger partial charge is 0.618 e. The zero-order chi connectivity index (χ0) is 13.1. The van der Waals surface area contributed by atoms with Crippen LogP contribution in [0.4, 0.5) is 0 Å². The molecule has 2 nitrogen and oxygen atoms in total. The van der Waals surface area contributed by atoms with E-state index in [1.54, 1.807) is 6.20 Å². The van der Waals surface area contributed by atoms with E-state index in [1.165, 1.54) is 5.56 Å². The molecule has 18 heavy (non-hydrogen) atoms. The molecular formula is C16H21NO. The maximum absolute atomic E-state index is 12.0. The molecule has 0 fully saturated rings. The molecule has 0 radical (unpaired) electrons. The zero-order valence-corrected chi connectivity index (χ0v) is 11.4. The fourth-order valence-corrected chi connectivity index (χ4v) is 2.63. The number of benzene rings is 1. The Morgan fingerprint density at radius 1 is 1.22 bits per heavy atom. The molecule has 0 saturated heterocycles. The summed E-state index contributed by atoms with van der Waals surface area (Å²) in [4.78, 5) is 0. The van der Waals surface area contributed by atoms with Gasteiger partial charge in [0.2, 0.25) is 5.52 Å². The van der Waals surface area contributed by atoms with Crippen LogP contribution in [-0.4, -0.2) is 0 Å². The van der Waals surface area contributed by atoms with Crippen LogP contribution in [0.1, 0.15) is 45.1 Å². The Morgan fingerprint density at radius 3 is 2.61 bits per heavy atom. The van der Waals surface area contributed by atoms with Gasteiger partial charge in [0, 0.05) is 17.0 Å². The quantitative estimate of drug-likeness (QED) is 0.588. The van der Waals surface area contributed by atoms with E-state index in [2.05, 4.69) is 26.8 Å². The van der Waals surface area contributed by atoms with Gasteiger partial charge in [-0.25, -0.2) is 0 Å². The van der Waals surface area contributed by atoms with E-state index in [-0.39, 0.29) is 0 Å². The minimum atomic E-state index is 0.472. The number of aromatic nitrogens is 1. The topological polar surface area (TPSA) is 26.9 Å². The molecule has 2 heteroatoms. The molecule has 0 spiro atoms. The van der Waals surface area contributed by atoms with Gasteiger partial charge in [-0.15, -0.1) is 0 Å². The Morgan fingerprint density at radius 2 is 1.94 bits per heavy atom. The third-order valence-electron chi connectivity index (χ3n) is 3.60. The first-order valence-corrected chi connectivity index (χ1v) is 6.75. The lowest BCUT2D eigenvalue weighted by Crippen LogP contribution is -2.28. The molecule has 0 bridgehead atoms. The van der Waals surface area contributed by atoms with Crippen molar-refractivity contribution in [3.63, 3.8) is 0 Å². The molecule has 0 amide bonds. The maximum Gasteiger partial charge on any atom is 0.223 e. The van der Waals surface area contributed by atoms with Gasteiger partial charge in [0.15, 0.2) is 6.20 Å². The van der Waals surface area contributed by atoms with Crippen molar-refractivity contribution in [3.05, 3.63) is 47.3 Å². The summed E-state index contributed by atoms with van der Waals surface area (Å²) in [7, 11) is 0. The van der Waals surface area contributed by atoms with Gasteiger partial charge in [0.25, 0.3) is 0 Å². The first-order valence-electron chi connectivity index (χ1n) is 6.75. The summed E-state index contributed by atoms with van der Waals surface area (Å²) < 4.78 is 1.01. The molecule has 2 rings (SSSR count). The summed E-state index contributed by atoms with van der Waals surface area (Å²) in [6.07, 6.45) is 4.03.